The number of aromatic nitrogens is 2. The van der Waals surface area contributed by atoms with Gasteiger partial charge in [0.25, 0.3) is 5.56 Å². The summed E-state index contributed by atoms with van der Waals surface area (Å²) in [5, 5.41) is 0. The van der Waals surface area contributed by atoms with Crippen LogP contribution >= 0.6 is 0 Å². The van der Waals surface area contributed by atoms with Gasteiger partial charge in [-0.15, -0.1) is 0 Å². The van der Waals surface area contributed by atoms with Gasteiger partial charge >= 0.3 is 0 Å². The van der Waals surface area contributed by atoms with E-state index in [4.69, 9.17) is 0 Å². The maximum absolute atomic E-state index is 12.2. The third kappa shape index (κ3) is 1.62. The fourth-order valence-corrected chi connectivity index (χ4v) is 1.95. The van der Waals surface area contributed by atoms with Crippen LogP contribution in [0.25, 0.3) is 11.0 Å². The predicted octanol–water partition coefficient (Wildman–Crippen LogP) is 2.54. The van der Waals surface area contributed by atoms with Crippen molar-refractivity contribution in [3.05, 3.63) is 40.3 Å². The van der Waals surface area contributed by atoms with Gasteiger partial charge in [-0.3, -0.25) is 9.78 Å². The van der Waals surface area contributed by atoms with Gasteiger partial charge in [0, 0.05) is 18.3 Å². The van der Waals surface area contributed by atoms with Crippen LogP contribution in [0.4, 0.5) is 0 Å². The molecule has 0 aromatic carbocycles. The van der Waals surface area contributed by atoms with Gasteiger partial charge in [-0.2, -0.15) is 0 Å². The maximum Gasteiger partial charge on any atom is 0.254 e. The topological polar surface area (TPSA) is 34.9 Å². The second-order valence-corrected chi connectivity index (χ2v) is 4.21. The Morgan fingerprint density at radius 2 is 2.19 bits per heavy atom. The summed E-state index contributed by atoms with van der Waals surface area (Å²) in [5.74, 6) is 0.233. The second-order valence-electron chi connectivity index (χ2n) is 4.21. The number of rotatable bonds is 2. The molecule has 0 aliphatic carbocycles. The summed E-state index contributed by atoms with van der Waals surface area (Å²) >= 11 is 0. The van der Waals surface area contributed by atoms with Crippen molar-refractivity contribution >= 4 is 11.0 Å². The highest BCUT2D eigenvalue weighted by molar-refractivity contribution is 5.75. The highest BCUT2D eigenvalue weighted by atomic mass is 16.1. The lowest BCUT2D eigenvalue weighted by Crippen LogP contribution is -2.24. The first kappa shape index (κ1) is 10.9. The third-order valence-electron chi connectivity index (χ3n) is 2.83. The number of hydrogen-bond donors (Lipinski definition) is 0. The van der Waals surface area contributed by atoms with E-state index in [-0.39, 0.29) is 11.5 Å². The number of pyridine rings is 2. The lowest BCUT2D eigenvalue weighted by atomic mass is 10.0. The Bertz CT molecular complexity index is 570. The molecule has 3 nitrogen and oxygen atoms in total. The Kier molecular flexibility index (Phi) is 2.77. The largest absolute Gasteiger partial charge is 0.307 e. The van der Waals surface area contributed by atoms with Gasteiger partial charge in [0.2, 0.25) is 0 Å². The number of fused-ring (bicyclic) bond motifs is 1. The lowest BCUT2D eigenvalue weighted by Gasteiger charge is -2.12. The smallest absolute Gasteiger partial charge is 0.254 e. The first-order chi connectivity index (χ1) is 7.65. The number of hydrogen-bond acceptors (Lipinski definition) is 2. The van der Waals surface area contributed by atoms with Crippen LogP contribution in [-0.4, -0.2) is 9.55 Å². The molecule has 0 amide bonds. The third-order valence-corrected chi connectivity index (χ3v) is 2.83. The predicted molar refractivity (Wildman–Crippen MR) is 65.8 cm³/mol. The molecule has 0 fully saturated rings. The maximum atomic E-state index is 12.2. The average Bonchev–Trinajstić information content (AvgIpc) is 2.28. The fourth-order valence-electron chi connectivity index (χ4n) is 1.95. The van der Waals surface area contributed by atoms with Crippen molar-refractivity contribution in [1.82, 2.24) is 9.55 Å². The second kappa shape index (κ2) is 4.08. The van der Waals surface area contributed by atoms with Crippen molar-refractivity contribution in [2.24, 2.45) is 0 Å². The Balaban J connectivity index is 2.88. The minimum Gasteiger partial charge on any atom is -0.307 e. The summed E-state index contributed by atoms with van der Waals surface area (Å²) in [5.41, 5.74) is 2.76. The molecule has 0 unspecified atom stereocenters. The first-order valence-electron chi connectivity index (χ1n) is 5.63. The van der Waals surface area contributed by atoms with E-state index in [1.165, 1.54) is 0 Å². The van der Waals surface area contributed by atoms with Crippen LogP contribution in [0.1, 0.15) is 32.3 Å². The Morgan fingerprint density at radius 3 is 2.81 bits per heavy atom. The molecule has 84 valence electrons. The normalized spacial score (nSPS) is 11.2. The van der Waals surface area contributed by atoms with Crippen LogP contribution in [0.15, 0.2) is 29.2 Å². The van der Waals surface area contributed by atoms with Crippen LogP contribution < -0.4 is 5.56 Å². The van der Waals surface area contributed by atoms with Gasteiger partial charge in [0.05, 0.1) is 11.0 Å². The molecule has 0 aliphatic heterocycles. The van der Waals surface area contributed by atoms with Gasteiger partial charge < -0.3 is 4.57 Å². The van der Waals surface area contributed by atoms with Crippen molar-refractivity contribution in [2.45, 2.75) is 33.2 Å². The molecule has 2 rings (SSSR count). The lowest BCUT2D eigenvalue weighted by molar-refractivity contribution is 0.726. The van der Waals surface area contributed by atoms with Crippen LogP contribution in [0.2, 0.25) is 0 Å². The SMILES string of the molecule is CCn1c(=O)c(C(C)C)cc2ncccc21. The zero-order chi connectivity index (χ0) is 11.7. The van der Waals surface area contributed by atoms with Crippen LogP contribution in [-0.2, 0) is 6.54 Å². The monoisotopic (exact) mass is 216 g/mol. The molecule has 0 N–H and O–H groups in total. The minimum absolute atomic E-state index is 0.109. The summed E-state index contributed by atoms with van der Waals surface area (Å²) in [7, 11) is 0. The molecule has 0 saturated carbocycles. The van der Waals surface area contributed by atoms with E-state index in [1.54, 1.807) is 10.8 Å². The molecule has 0 spiro atoms. The van der Waals surface area contributed by atoms with E-state index in [9.17, 15) is 4.79 Å². The molecule has 2 aromatic heterocycles. The Morgan fingerprint density at radius 1 is 1.44 bits per heavy atom. The van der Waals surface area contributed by atoms with Crippen molar-refractivity contribution in [3.63, 3.8) is 0 Å². The van der Waals surface area contributed by atoms with Gasteiger partial charge in [-0.25, -0.2) is 0 Å². The van der Waals surface area contributed by atoms with Gasteiger partial charge in [-0.1, -0.05) is 13.8 Å². The molecule has 2 heterocycles. The Labute approximate surface area is 94.7 Å². The number of nitrogens with zero attached hydrogens (tertiary/aromatic N) is 2. The summed E-state index contributed by atoms with van der Waals surface area (Å²) in [6.45, 7) is 6.73. The van der Waals surface area contributed by atoms with E-state index >= 15 is 0 Å². The van der Waals surface area contributed by atoms with E-state index in [0.29, 0.717) is 6.54 Å². The molecule has 16 heavy (non-hydrogen) atoms. The molecule has 0 atom stereocenters. The van der Waals surface area contributed by atoms with Gasteiger partial charge in [0.1, 0.15) is 0 Å². The van der Waals surface area contributed by atoms with Crippen LogP contribution in [0.5, 0.6) is 0 Å². The van der Waals surface area contributed by atoms with Crippen molar-refractivity contribution < 1.29 is 0 Å². The van der Waals surface area contributed by atoms with Gasteiger partial charge in [-0.05, 0) is 31.0 Å². The molecule has 0 aliphatic rings. The number of aryl methyl sites for hydroxylation is 1. The molecule has 0 saturated heterocycles. The standard InChI is InChI=1S/C13H16N2O/c1-4-15-12-6-5-7-14-11(12)8-10(9(2)3)13(15)16/h5-9H,4H2,1-3H3. The van der Waals surface area contributed by atoms with Crippen LogP contribution in [0, 0.1) is 0 Å². The minimum atomic E-state index is 0.109. The van der Waals surface area contributed by atoms with E-state index in [1.807, 2.05) is 39.0 Å². The van der Waals surface area contributed by atoms with E-state index in [2.05, 4.69) is 4.98 Å². The average molecular weight is 216 g/mol. The summed E-state index contributed by atoms with van der Waals surface area (Å²) < 4.78 is 1.79. The van der Waals surface area contributed by atoms with Crippen molar-refractivity contribution in [2.75, 3.05) is 0 Å². The van der Waals surface area contributed by atoms with Crippen molar-refractivity contribution in [1.29, 1.82) is 0 Å². The van der Waals surface area contributed by atoms with E-state index < -0.39 is 0 Å². The molecular formula is C13H16N2O. The molecular weight excluding hydrogens is 200 g/mol. The highest BCUT2D eigenvalue weighted by Crippen LogP contribution is 2.15. The fraction of sp³-hybridized carbons (Fsp3) is 0.385. The molecule has 0 bridgehead atoms. The summed E-state index contributed by atoms with van der Waals surface area (Å²) in [6, 6.07) is 5.72. The Hall–Kier alpha value is -1.64. The molecule has 0 radical (unpaired) electrons. The highest BCUT2D eigenvalue weighted by Gasteiger charge is 2.10. The zero-order valence-electron chi connectivity index (χ0n) is 9.90. The first-order valence-corrected chi connectivity index (χ1v) is 5.63. The zero-order valence-corrected chi connectivity index (χ0v) is 9.90. The van der Waals surface area contributed by atoms with E-state index in [0.717, 1.165) is 16.6 Å². The molecule has 3 heteroatoms. The van der Waals surface area contributed by atoms with Crippen molar-refractivity contribution in [3.8, 4) is 0 Å². The van der Waals surface area contributed by atoms with Crippen LogP contribution in [0.3, 0.4) is 0 Å². The molecule has 2 aromatic rings. The quantitative estimate of drug-likeness (QED) is 0.773. The summed E-state index contributed by atoms with van der Waals surface area (Å²) in [6.07, 6.45) is 1.76. The van der Waals surface area contributed by atoms with Gasteiger partial charge in [0.15, 0.2) is 0 Å². The summed E-state index contributed by atoms with van der Waals surface area (Å²) in [4.78, 5) is 16.5.